The van der Waals surface area contributed by atoms with Gasteiger partial charge in [-0.05, 0) is 75.3 Å². The predicted molar refractivity (Wildman–Crippen MR) is 137 cm³/mol. The fourth-order valence-electron chi connectivity index (χ4n) is 6.96. The summed E-state index contributed by atoms with van der Waals surface area (Å²) in [5.74, 6) is -0.124. The zero-order valence-electron chi connectivity index (χ0n) is 21.5. The van der Waals surface area contributed by atoms with Gasteiger partial charge < -0.3 is 14.5 Å². The third-order valence-electron chi connectivity index (χ3n) is 8.97. The Morgan fingerprint density at radius 2 is 1.81 bits per heavy atom. The minimum absolute atomic E-state index is 0.124. The summed E-state index contributed by atoms with van der Waals surface area (Å²) in [6, 6.07) is 9.46. The van der Waals surface area contributed by atoms with Gasteiger partial charge in [-0.25, -0.2) is 4.79 Å². The Labute approximate surface area is 213 Å². The molecule has 2 unspecified atom stereocenters. The third kappa shape index (κ3) is 4.14. The first-order valence-electron chi connectivity index (χ1n) is 13.5. The van der Waals surface area contributed by atoms with E-state index in [-0.39, 0.29) is 17.4 Å². The van der Waals surface area contributed by atoms with Crippen LogP contribution in [0.25, 0.3) is 0 Å². The molecule has 2 aromatic rings. The van der Waals surface area contributed by atoms with Crippen molar-refractivity contribution < 1.29 is 14.3 Å². The minimum Gasteiger partial charge on any atom is -0.377 e. The van der Waals surface area contributed by atoms with Crippen LogP contribution in [0.1, 0.15) is 67.1 Å². The Morgan fingerprint density at radius 1 is 1.06 bits per heavy atom. The van der Waals surface area contributed by atoms with Crippen LogP contribution in [-0.4, -0.2) is 81.9 Å². The van der Waals surface area contributed by atoms with Crippen molar-refractivity contribution in [2.75, 3.05) is 37.7 Å². The number of carbonyl (C=O) groups is 2. The summed E-state index contributed by atoms with van der Waals surface area (Å²) in [5.41, 5.74) is 4.63. The fraction of sp³-hybridized carbons (Fsp3) is 0.607. The number of hydrogen-bond acceptors (Lipinski definition) is 6. The second-order valence-electron chi connectivity index (χ2n) is 11.2. The van der Waals surface area contributed by atoms with E-state index in [9.17, 15) is 9.59 Å². The number of piperidine rings is 1. The average molecular weight is 492 g/mol. The maximum atomic E-state index is 13.0. The molecule has 1 aromatic heterocycles. The Kier molecular flexibility index (Phi) is 6.12. The number of carbonyl (C=O) groups excluding carboxylic acids is 2. The number of aryl methyl sites for hydroxylation is 1. The topological polar surface area (TPSA) is 70.9 Å². The van der Waals surface area contributed by atoms with Crippen molar-refractivity contribution >= 4 is 17.5 Å². The Bertz CT molecular complexity index is 1140. The lowest BCUT2D eigenvalue weighted by Gasteiger charge is -2.45. The number of ketones is 1. The molecular weight excluding hydrogens is 454 g/mol. The lowest BCUT2D eigenvalue weighted by atomic mass is 9.84. The van der Waals surface area contributed by atoms with E-state index in [1.165, 1.54) is 54.1 Å². The maximum Gasteiger partial charge on any atom is 0.344 e. The van der Waals surface area contributed by atoms with E-state index in [0.29, 0.717) is 17.8 Å². The van der Waals surface area contributed by atoms with Crippen molar-refractivity contribution in [3.63, 3.8) is 0 Å². The molecule has 0 radical (unpaired) electrons. The van der Waals surface area contributed by atoms with Crippen LogP contribution in [0.2, 0.25) is 0 Å². The molecule has 4 fully saturated rings. The molecule has 2 bridgehead atoms. The number of aromatic nitrogens is 2. The summed E-state index contributed by atoms with van der Waals surface area (Å²) in [7, 11) is 0. The van der Waals surface area contributed by atoms with Crippen molar-refractivity contribution in [3.8, 4) is 0 Å². The molecule has 8 nitrogen and oxygen atoms in total. The van der Waals surface area contributed by atoms with Crippen LogP contribution in [0.5, 0.6) is 0 Å². The summed E-state index contributed by atoms with van der Waals surface area (Å²) in [5, 5.41) is 4.18. The fourth-order valence-corrected chi connectivity index (χ4v) is 6.96. The van der Waals surface area contributed by atoms with Gasteiger partial charge in [0.2, 0.25) is 0 Å². The van der Waals surface area contributed by atoms with E-state index >= 15 is 0 Å². The van der Waals surface area contributed by atoms with E-state index in [1.54, 1.807) is 12.3 Å². The van der Waals surface area contributed by atoms with E-state index in [2.05, 4.69) is 40.0 Å². The van der Waals surface area contributed by atoms with Crippen molar-refractivity contribution in [2.24, 2.45) is 0 Å². The second-order valence-corrected chi connectivity index (χ2v) is 11.2. The summed E-state index contributed by atoms with van der Waals surface area (Å²) in [6.07, 6.45) is 8.39. The first-order chi connectivity index (χ1) is 17.4. The monoisotopic (exact) mass is 491 g/mol. The Balaban J connectivity index is 1.17. The van der Waals surface area contributed by atoms with Gasteiger partial charge in [0, 0.05) is 44.0 Å². The number of benzene rings is 1. The normalized spacial score (nSPS) is 25.6. The number of Topliss-reactive ketones (excluding diaryl/α,β-unsaturated/α-hetero) is 1. The molecule has 6 rings (SSSR count). The summed E-state index contributed by atoms with van der Waals surface area (Å²) < 4.78 is 7.18. The highest BCUT2D eigenvalue weighted by Gasteiger charge is 2.45. The molecule has 4 aliphatic rings. The number of morpholine rings is 1. The van der Waals surface area contributed by atoms with Gasteiger partial charge in [-0.3, -0.25) is 9.69 Å². The van der Waals surface area contributed by atoms with Gasteiger partial charge in [0.05, 0.1) is 25.3 Å². The van der Waals surface area contributed by atoms with Crippen molar-refractivity contribution in [1.29, 1.82) is 0 Å². The first-order valence-corrected chi connectivity index (χ1v) is 13.5. The largest absolute Gasteiger partial charge is 0.377 e. The van der Waals surface area contributed by atoms with Crippen molar-refractivity contribution in [3.05, 3.63) is 47.3 Å². The van der Waals surface area contributed by atoms with E-state index in [1.807, 2.05) is 4.90 Å². The second kappa shape index (κ2) is 9.30. The average Bonchev–Trinajstić information content (AvgIpc) is 3.57. The van der Waals surface area contributed by atoms with Crippen LogP contribution < -0.4 is 4.90 Å². The molecule has 36 heavy (non-hydrogen) atoms. The van der Waals surface area contributed by atoms with Gasteiger partial charge in [0.15, 0.2) is 5.78 Å². The number of anilines is 1. The van der Waals surface area contributed by atoms with Crippen LogP contribution in [0, 0.1) is 6.92 Å². The summed E-state index contributed by atoms with van der Waals surface area (Å²) >= 11 is 0. The number of likely N-dealkylation sites (tertiary alicyclic amines) is 2. The molecule has 2 atom stereocenters. The molecule has 8 heteroatoms. The van der Waals surface area contributed by atoms with E-state index in [0.717, 1.165) is 52.2 Å². The number of rotatable bonds is 4. The minimum atomic E-state index is -0.134. The molecule has 5 heterocycles. The van der Waals surface area contributed by atoms with Gasteiger partial charge in [-0.1, -0.05) is 12.1 Å². The molecule has 4 aliphatic heterocycles. The first kappa shape index (κ1) is 23.7. The van der Waals surface area contributed by atoms with E-state index < -0.39 is 0 Å². The third-order valence-corrected chi connectivity index (χ3v) is 8.97. The van der Waals surface area contributed by atoms with Crippen LogP contribution >= 0.6 is 0 Å². The lowest BCUT2D eigenvalue weighted by molar-refractivity contribution is 0.0582. The van der Waals surface area contributed by atoms with Crippen molar-refractivity contribution in [1.82, 2.24) is 19.6 Å². The molecule has 1 aromatic carbocycles. The standard InChI is InChI=1S/C28H37N5O3/c1-20-4-5-22(26(16-20)33-23-6-7-24(33)19-36-18-23)17-31-12-3-9-28(31)10-14-30(15-11-28)27(35)32-13-8-25(29-32)21(2)34/h4-5,8,13,16,23-24H,3,6-7,9-12,14-15,17-19H2,1-2H3. The highest BCUT2D eigenvalue weighted by Crippen LogP contribution is 2.42. The molecule has 1 spiro atoms. The number of amides is 1. The number of fused-ring (bicyclic) bond motifs is 2. The molecule has 0 aliphatic carbocycles. The highest BCUT2D eigenvalue weighted by atomic mass is 16.5. The van der Waals surface area contributed by atoms with Crippen LogP contribution in [-0.2, 0) is 11.3 Å². The van der Waals surface area contributed by atoms with Gasteiger partial charge in [0.1, 0.15) is 5.69 Å². The van der Waals surface area contributed by atoms with Gasteiger partial charge in [0.25, 0.3) is 0 Å². The number of nitrogens with zero attached hydrogens (tertiary/aromatic N) is 5. The molecule has 1 amide bonds. The van der Waals surface area contributed by atoms with Gasteiger partial charge >= 0.3 is 6.03 Å². The van der Waals surface area contributed by atoms with Crippen LogP contribution in [0.3, 0.4) is 0 Å². The smallest absolute Gasteiger partial charge is 0.344 e. The number of hydrogen-bond donors (Lipinski definition) is 0. The van der Waals surface area contributed by atoms with Gasteiger partial charge in [-0.15, -0.1) is 0 Å². The molecule has 0 saturated carbocycles. The summed E-state index contributed by atoms with van der Waals surface area (Å²) in [6.45, 7) is 8.85. The number of ether oxygens (including phenoxy) is 1. The Morgan fingerprint density at radius 3 is 2.50 bits per heavy atom. The van der Waals surface area contributed by atoms with Gasteiger partial charge in [-0.2, -0.15) is 9.78 Å². The molecular formula is C28H37N5O3. The van der Waals surface area contributed by atoms with E-state index in [4.69, 9.17) is 4.74 Å². The van der Waals surface area contributed by atoms with Crippen LogP contribution in [0.15, 0.2) is 30.5 Å². The SMILES string of the molecule is CC(=O)c1ccn(C(=O)N2CCC3(CCCN3Cc3ccc(C)cc3N3C4CCC3COC4)CC2)n1. The maximum absolute atomic E-state index is 13.0. The predicted octanol–water partition coefficient (Wildman–Crippen LogP) is 3.86. The van der Waals surface area contributed by atoms with Crippen LogP contribution in [0.4, 0.5) is 10.5 Å². The lowest BCUT2D eigenvalue weighted by Crippen LogP contribution is -2.53. The highest BCUT2D eigenvalue weighted by molar-refractivity contribution is 5.92. The molecule has 0 N–H and O–H groups in total. The zero-order chi connectivity index (χ0) is 24.9. The summed E-state index contributed by atoms with van der Waals surface area (Å²) in [4.78, 5) is 31.9. The van der Waals surface area contributed by atoms with Crippen molar-refractivity contribution in [2.45, 2.75) is 76.5 Å². The molecule has 192 valence electrons. The molecule has 4 saturated heterocycles. The zero-order valence-corrected chi connectivity index (χ0v) is 21.5. The quantitative estimate of drug-likeness (QED) is 0.605. The Hall–Kier alpha value is -2.71.